The second-order valence-electron chi connectivity index (χ2n) is 5.59. The van der Waals surface area contributed by atoms with Gasteiger partial charge in [-0.15, -0.1) is 0 Å². The molecule has 0 atom stereocenters. The van der Waals surface area contributed by atoms with Crippen LogP contribution in [0.25, 0.3) is 21.7 Å². The van der Waals surface area contributed by atoms with Gasteiger partial charge in [-0.05, 0) is 47.2 Å². The quantitative estimate of drug-likeness (QED) is 0.454. The van der Waals surface area contributed by atoms with Gasteiger partial charge in [-0.3, -0.25) is 4.79 Å². The molecule has 4 aromatic rings. The van der Waals surface area contributed by atoms with E-state index in [4.69, 9.17) is 11.6 Å². The Morgan fingerprint density at radius 2 is 1.71 bits per heavy atom. The summed E-state index contributed by atoms with van der Waals surface area (Å²) < 4.78 is 0. The summed E-state index contributed by atoms with van der Waals surface area (Å²) in [6.07, 6.45) is 0. The summed E-state index contributed by atoms with van der Waals surface area (Å²) in [6.45, 7) is 0. The molecule has 1 aromatic heterocycles. The number of carbonyl (C=O) groups excluding carboxylic acids is 1. The van der Waals surface area contributed by atoms with Crippen molar-refractivity contribution in [3.05, 3.63) is 71.4 Å². The third-order valence-corrected chi connectivity index (χ3v) is 4.17. The zero-order chi connectivity index (χ0) is 16.7. The van der Waals surface area contributed by atoms with Crippen LogP contribution in [0.5, 0.6) is 5.75 Å². The minimum atomic E-state index is -0.326. The minimum absolute atomic E-state index is 0.0289. The average molecular weight is 337 g/mol. The van der Waals surface area contributed by atoms with Gasteiger partial charge in [0, 0.05) is 15.9 Å². The van der Waals surface area contributed by atoms with Gasteiger partial charge in [-0.2, -0.15) is 0 Å². The minimum Gasteiger partial charge on any atom is -0.506 e. The van der Waals surface area contributed by atoms with Crippen molar-refractivity contribution in [1.82, 2.24) is 4.98 Å². The molecule has 3 aromatic carbocycles. The monoisotopic (exact) mass is 336 g/mol. The van der Waals surface area contributed by atoms with Gasteiger partial charge in [-0.25, -0.2) is 0 Å². The van der Waals surface area contributed by atoms with E-state index in [1.165, 1.54) is 0 Å². The van der Waals surface area contributed by atoms with E-state index in [9.17, 15) is 9.90 Å². The van der Waals surface area contributed by atoms with Crippen LogP contribution in [0.1, 0.15) is 10.5 Å². The summed E-state index contributed by atoms with van der Waals surface area (Å²) in [5.41, 5.74) is 1.60. The number of H-pyrrole nitrogens is 1. The molecule has 24 heavy (non-hydrogen) atoms. The number of carbonyl (C=O) groups is 1. The van der Waals surface area contributed by atoms with Crippen molar-refractivity contribution in [2.24, 2.45) is 0 Å². The van der Waals surface area contributed by atoms with E-state index in [1.807, 2.05) is 30.3 Å². The number of hydrogen-bond acceptors (Lipinski definition) is 2. The van der Waals surface area contributed by atoms with Crippen molar-refractivity contribution in [2.75, 3.05) is 5.32 Å². The number of nitrogens with one attached hydrogen (secondary N) is 2. The second kappa shape index (κ2) is 5.58. The fraction of sp³-hybridized carbons (Fsp3) is 0. The van der Waals surface area contributed by atoms with Crippen LogP contribution in [0.4, 0.5) is 5.69 Å². The van der Waals surface area contributed by atoms with Gasteiger partial charge in [0.1, 0.15) is 11.4 Å². The third-order valence-electron chi connectivity index (χ3n) is 3.94. The van der Waals surface area contributed by atoms with Gasteiger partial charge >= 0.3 is 0 Å². The molecule has 0 aliphatic carbocycles. The van der Waals surface area contributed by atoms with Crippen molar-refractivity contribution in [3.8, 4) is 5.75 Å². The van der Waals surface area contributed by atoms with E-state index in [0.29, 0.717) is 16.4 Å². The molecule has 1 amide bonds. The number of rotatable bonds is 2. The maximum atomic E-state index is 12.5. The zero-order valence-corrected chi connectivity index (χ0v) is 13.3. The van der Waals surface area contributed by atoms with Gasteiger partial charge in [0.2, 0.25) is 0 Å². The second-order valence-corrected chi connectivity index (χ2v) is 6.02. The van der Waals surface area contributed by atoms with E-state index < -0.39 is 0 Å². The highest BCUT2D eigenvalue weighted by molar-refractivity contribution is 6.31. The van der Waals surface area contributed by atoms with E-state index in [1.54, 1.807) is 30.3 Å². The Balaban J connectivity index is 1.68. The summed E-state index contributed by atoms with van der Waals surface area (Å²) >= 11 is 5.97. The van der Waals surface area contributed by atoms with Gasteiger partial charge in [0.05, 0.1) is 5.69 Å². The standard InChI is InChI=1S/C19H13ClN2O2/c20-14-5-6-15-13(7-14)9-17(21-15)19(24)22-16-8-11-3-1-2-4-12(11)10-18(16)23/h1-10,21,23H,(H,22,24). The molecule has 0 fully saturated rings. The van der Waals surface area contributed by atoms with Crippen LogP contribution >= 0.6 is 11.6 Å². The van der Waals surface area contributed by atoms with Crippen molar-refractivity contribution >= 4 is 44.9 Å². The summed E-state index contributed by atoms with van der Waals surface area (Å²) in [7, 11) is 0. The van der Waals surface area contributed by atoms with Crippen LogP contribution in [-0.4, -0.2) is 16.0 Å². The molecule has 0 aliphatic heterocycles. The lowest BCUT2D eigenvalue weighted by molar-refractivity contribution is 0.102. The summed E-state index contributed by atoms with van der Waals surface area (Å²) in [4.78, 5) is 15.5. The van der Waals surface area contributed by atoms with E-state index in [-0.39, 0.29) is 11.7 Å². The Kier molecular flexibility index (Phi) is 3.40. The maximum absolute atomic E-state index is 12.5. The number of benzene rings is 3. The number of anilines is 1. The highest BCUT2D eigenvalue weighted by atomic mass is 35.5. The van der Waals surface area contributed by atoms with E-state index in [0.717, 1.165) is 21.7 Å². The number of phenolic OH excluding ortho intramolecular Hbond substituents is 1. The number of hydrogen-bond donors (Lipinski definition) is 3. The Morgan fingerprint density at radius 1 is 0.958 bits per heavy atom. The largest absolute Gasteiger partial charge is 0.506 e. The summed E-state index contributed by atoms with van der Waals surface area (Å²) in [5.74, 6) is -0.297. The van der Waals surface area contributed by atoms with Crippen molar-refractivity contribution in [2.45, 2.75) is 0 Å². The summed E-state index contributed by atoms with van der Waals surface area (Å²) in [6, 6.07) is 18.1. The van der Waals surface area contributed by atoms with Crippen molar-refractivity contribution in [3.63, 3.8) is 0 Å². The summed E-state index contributed by atoms with van der Waals surface area (Å²) in [5, 5.41) is 16.2. The van der Waals surface area contributed by atoms with Crippen LogP contribution < -0.4 is 5.32 Å². The molecule has 0 radical (unpaired) electrons. The van der Waals surface area contributed by atoms with E-state index in [2.05, 4.69) is 10.3 Å². The first-order valence-electron chi connectivity index (χ1n) is 7.41. The van der Waals surface area contributed by atoms with Gasteiger partial charge in [-0.1, -0.05) is 35.9 Å². The molecule has 0 spiro atoms. The Bertz CT molecular complexity index is 1090. The van der Waals surface area contributed by atoms with Crippen LogP contribution in [0.2, 0.25) is 5.02 Å². The van der Waals surface area contributed by atoms with Crippen LogP contribution in [0.15, 0.2) is 60.7 Å². The third kappa shape index (κ3) is 2.57. The molecule has 118 valence electrons. The first kappa shape index (κ1) is 14.6. The highest BCUT2D eigenvalue weighted by Crippen LogP contribution is 2.30. The smallest absolute Gasteiger partial charge is 0.272 e. The van der Waals surface area contributed by atoms with Crippen LogP contribution in [0.3, 0.4) is 0 Å². The number of aromatic nitrogens is 1. The fourth-order valence-corrected chi connectivity index (χ4v) is 2.92. The van der Waals surface area contributed by atoms with Crippen LogP contribution in [-0.2, 0) is 0 Å². The molecule has 4 nitrogen and oxygen atoms in total. The number of amides is 1. The lowest BCUT2D eigenvalue weighted by Gasteiger charge is -2.08. The Labute approximate surface area is 142 Å². The SMILES string of the molecule is O=C(Nc1cc2ccccc2cc1O)c1cc2cc(Cl)ccc2[nH]1. The molecule has 0 unspecified atom stereocenters. The van der Waals surface area contributed by atoms with Crippen molar-refractivity contribution < 1.29 is 9.90 Å². The Morgan fingerprint density at radius 3 is 2.50 bits per heavy atom. The highest BCUT2D eigenvalue weighted by Gasteiger charge is 2.13. The number of aromatic hydroxyl groups is 1. The predicted molar refractivity (Wildman–Crippen MR) is 96.9 cm³/mol. The normalized spacial score (nSPS) is 11.0. The first-order valence-corrected chi connectivity index (χ1v) is 7.79. The molecule has 0 saturated carbocycles. The number of aromatic amines is 1. The molecule has 1 heterocycles. The van der Waals surface area contributed by atoms with Gasteiger partial charge in [0.15, 0.2) is 0 Å². The van der Waals surface area contributed by atoms with Gasteiger partial charge < -0.3 is 15.4 Å². The average Bonchev–Trinajstić information content (AvgIpc) is 2.98. The Hall–Kier alpha value is -2.98. The molecule has 3 N–H and O–H groups in total. The maximum Gasteiger partial charge on any atom is 0.272 e. The lowest BCUT2D eigenvalue weighted by Crippen LogP contribution is -2.12. The molecule has 0 aliphatic rings. The van der Waals surface area contributed by atoms with Crippen molar-refractivity contribution in [1.29, 1.82) is 0 Å². The van der Waals surface area contributed by atoms with E-state index >= 15 is 0 Å². The zero-order valence-electron chi connectivity index (χ0n) is 12.5. The van der Waals surface area contributed by atoms with Crippen LogP contribution in [0, 0.1) is 0 Å². The molecular formula is C19H13ClN2O2. The lowest BCUT2D eigenvalue weighted by atomic mass is 10.1. The first-order chi connectivity index (χ1) is 11.6. The molecule has 0 saturated heterocycles. The fourth-order valence-electron chi connectivity index (χ4n) is 2.74. The topological polar surface area (TPSA) is 65.1 Å². The molecule has 4 rings (SSSR count). The molecular weight excluding hydrogens is 324 g/mol. The number of phenols is 1. The molecule has 0 bridgehead atoms. The molecule has 5 heteroatoms. The number of fused-ring (bicyclic) bond motifs is 2. The number of halogens is 1. The van der Waals surface area contributed by atoms with Gasteiger partial charge in [0.25, 0.3) is 5.91 Å². The predicted octanol–water partition coefficient (Wildman–Crippen LogP) is 4.93.